The van der Waals surface area contributed by atoms with Crippen LogP contribution in [0.5, 0.6) is 0 Å². The molecular formula is C24H34N4O4. The molecule has 2 aliphatic rings. The summed E-state index contributed by atoms with van der Waals surface area (Å²) in [5, 5.41) is 0. The van der Waals surface area contributed by atoms with E-state index in [2.05, 4.69) is 4.90 Å². The summed E-state index contributed by atoms with van der Waals surface area (Å²) in [6.07, 6.45) is 5.83. The van der Waals surface area contributed by atoms with Crippen molar-refractivity contribution >= 4 is 22.9 Å². The molecule has 8 heteroatoms. The molecule has 3 heterocycles. The molecule has 2 aromatic rings. The van der Waals surface area contributed by atoms with E-state index in [1.54, 1.807) is 13.0 Å². The van der Waals surface area contributed by atoms with Gasteiger partial charge in [0.1, 0.15) is 0 Å². The van der Waals surface area contributed by atoms with Crippen molar-refractivity contribution in [2.45, 2.75) is 58.0 Å². The Morgan fingerprint density at radius 2 is 1.84 bits per heavy atom. The predicted octanol–water partition coefficient (Wildman–Crippen LogP) is 2.31. The van der Waals surface area contributed by atoms with Crippen molar-refractivity contribution in [2.24, 2.45) is 0 Å². The molecule has 0 bridgehead atoms. The molecule has 8 nitrogen and oxygen atoms in total. The third kappa shape index (κ3) is 5.23. The van der Waals surface area contributed by atoms with Crippen molar-refractivity contribution in [3.63, 3.8) is 0 Å². The largest absolute Gasteiger partial charge is 0.419 e. The molecule has 4 rings (SSSR count). The SMILES string of the molecule is CC(=O)N(CCN1CCCCC1)C1CCCN(C(=O)CCn2c(=O)oc3ccccc32)C1. The van der Waals surface area contributed by atoms with E-state index in [9.17, 15) is 14.4 Å². The van der Waals surface area contributed by atoms with Crippen LogP contribution in [0.15, 0.2) is 33.5 Å². The van der Waals surface area contributed by atoms with Gasteiger partial charge < -0.3 is 19.1 Å². The molecule has 1 aromatic heterocycles. The molecule has 0 saturated carbocycles. The molecule has 2 aliphatic heterocycles. The Bertz CT molecular complexity index is 991. The molecule has 0 aliphatic carbocycles. The number of amides is 2. The van der Waals surface area contributed by atoms with Crippen molar-refractivity contribution < 1.29 is 14.0 Å². The van der Waals surface area contributed by atoms with Crippen LogP contribution < -0.4 is 5.76 Å². The van der Waals surface area contributed by atoms with E-state index in [-0.39, 0.29) is 24.3 Å². The van der Waals surface area contributed by atoms with Crippen LogP contribution in [0.1, 0.15) is 45.4 Å². The van der Waals surface area contributed by atoms with Crippen LogP contribution in [0.4, 0.5) is 0 Å². The molecule has 2 amide bonds. The average Bonchev–Trinajstić information content (AvgIpc) is 3.13. The van der Waals surface area contributed by atoms with E-state index in [0.29, 0.717) is 30.7 Å². The quantitative estimate of drug-likeness (QED) is 0.658. The zero-order valence-electron chi connectivity index (χ0n) is 19.0. The Morgan fingerprint density at radius 1 is 1.06 bits per heavy atom. The van der Waals surface area contributed by atoms with E-state index in [1.807, 2.05) is 28.0 Å². The van der Waals surface area contributed by atoms with Crippen molar-refractivity contribution in [3.8, 4) is 0 Å². The van der Waals surface area contributed by atoms with Gasteiger partial charge in [0.2, 0.25) is 11.8 Å². The van der Waals surface area contributed by atoms with Crippen LogP contribution in [0.3, 0.4) is 0 Å². The minimum atomic E-state index is -0.434. The van der Waals surface area contributed by atoms with Crippen molar-refractivity contribution in [2.75, 3.05) is 39.3 Å². The fraction of sp³-hybridized carbons (Fsp3) is 0.625. The maximum Gasteiger partial charge on any atom is 0.419 e. The molecule has 32 heavy (non-hydrogen) atoms. The molecular weight excluding hydrogens is 408 g/mol. The highest BCUT2D eigenvalue weighted by atomic mass is 16.4. The highest BCUT2D eigenvalue weighted by Crippen LogP contribution is 2.19. The molecule has 1 unspecified atom stereocenters. The second kappa shape index (κ2) is 10.3. The summed E-state index contributed by atoms with van der Waals surface area (Å²) < 4.78 is 6.79. The smallest absolute Gasteiger partial charge is 0.408 e. The number of piperidine rings is 2. The fourth-order valence-corrected chi connectivity index (χ4v) is 5.06. The number of carbonyl (C=O) groups excluding carboxylic acids is 2. The average molecular weight is 443 g/mol. The Kier molecular flexibility index (Phi) is 7.29. The third-order valence-electron chi connectivity index (χ3n) is 6.82. The Labute approximate surface area is 188 Å². The van der Waals surface area contributed by atoms with E-state index in [1.165, 1.54) is 23.8 Å². The maximum atomic E-state index is 13.0. The van der Waals surface area contributed by atoms with Gasteiger partial charge in [0.25, 0.3) is 0 Å². The summed E-state index contributed by atoms with van der Waals surface area (Å²) in [4.78, 5) is 43.8. The highest BCUT2D eigenvalue weighted by molar-refractivity contribution is 5.77. The minimum Gasteiger partial charge on any atom is -0.408 e. The third-order valence-corrected chi connectivity index (χ3v) is 6.82. The van der Waals surface area contributed by atoms with Crippen molar-refractivity contribution in [1.82, 2.24) is 19.3 Å². The van der Waals surface area contributed by atoms with Crippen molar-refractivity contribution in [1.29, 1.82) is 0 Å². The maximum absolute atomic E-state index is 13.0. The monoisotopic (exact) mass is 442 g/mol. The number of oxazole rings is 1. The number of nitrogens with zero attached hydrogens (tertiary/aromatic N) is 4. The first-order valence-corrected chi connectivity index (χ1v) is 11.9. The number of hydrogen-bond donors (Lipinski definition) is 0. The summed E-state index contributed by atoms with van der Waals surface area (Å²) in [6, 6.07) is 7.32. The van der Waals surface area contributed by atoms with Gasteiger partial charge in [0.15, 0.2) is 5.58 Å². The summed E-state index contributed by atoms with van der Waals surface area (Å²) in [7, 11) is 0. The van der Waals surface area contributed by atoms with Crippen LogP contribution >= 0.6 is 0 Å². The minimum absolute atomic E-state index is 0.0198. The van der Waals surface area contributed by atoms with E-state index < -0.39 is 5.76 Å². The lowest BCUT2D eigenvalue weighted by molar-refractivity contribution is -0.138. The number of aromatic nitrogens is 1. The Morgan fingerprint density at radius 3 is 2.62 bits per heavy atom. The number of para-hydroxylation sites is 2. The predicted molar refractivity (Wildman–Crippen MR) is 122 cm³/mol. The highest BCUT2D eigenvalue weighted by Gasteiger charge is 2.29. The molecule has 0 N–H and O–H groups in total. The van der Waals surface area contributed by atoms with Crippen LogP contribution in [0.2, 0.25) is 0 Å². The molecule has 0 spiro atoms. The molecule has 0 radical (unpaired) electrons. The normalized spacial score (nSPS) is 19.9. The van der Waals surface area contributed by atoms with Gasteiger partial charge in [-0.1, -0.05) is 18.6 Å². The first-order valence-electron chi connectivity index (χ1n) is 11.9. The van der Waals surface area contributed by atoms with E-state index in [0.717, 1.165) is 39.0 Å². The zero-order valence-corrected chi connectivity index (χ0v) is 19.0. The first kappa shape index (κ1) is 22.6. The topological polar surface area (TPSA) is 79.0 Å². The van der Waals surface area contributed by atoms with Gasteiger partial charge in [0, 0.05) is 52.1 Å². The molecule has 174 valence electrons. The van der Waals surface area contributed by atoms with E-state index in [4.69, 9.17) is 4.42 Å². The number of likely N-dealkylation sites (tertiary alicyclic amines) is 2. The second-order valence-electron chi connectivity index (χ2n) is 8.99. The summed E-state index contributed by atoms with van der Waals surface area (Å²) in [5.41, 5.74) is 1.25. The summed E-state index contributed by atoms with van der Waals surface area (Å²) >= 11 is 0. The second-order valence-corrected chi connectivity index (χ2v) is 8.99. The number of fused-ring (bicyclic) bond motifs is 1. The van der Waals surface area contributed by atoms with Gasteiger partial charge in [-0.15, -0.1) is 0 Å². The molecule has 2 fully saturated rings. The lowest BCUT2D eigenvalue weighted by Gasteiger charge is -2.40. The lowest BCUT2D eigenvalue weighted by atomic mass is 10.0. The molecule has 1 aromatic carbocycles. The van der Waals surface area contributed by atoms with Gasteiger partial charge in [0.05, 0.1) is 5.52 Å². The van der Waals surface area contributed by atoms with E-state index >= 15 is 0 Å². The van der Waals surface area contributed by atoms with Gasteiger partial charge in [-0.25, -0.2) is 4.79 Å². The zero-order chi connectivity index (χ0) is 22.5. The number of benzene rings is 1. The number of rotatable bonds is 7. The molecule has 1 atom stereocenters. The van der Waals surface area contributed by atoms with Crippen molar-refractivity contribution in [3.05, 3.63) is 34.8 Å². The van der Waals surface area contributed by atoms with Gasteiger partial charge >= 0.3 is 5.76 Å². The van der Waals surface area contributed by atoms with Gasteiger partial charge in [-0.2, -0.15) is 0 Å². The molecule has 2 saturated heterocycles. The fourth-order valence-electron chi connectivity index (χ4n) is 5.06. The van der Waals surface area contributed by atoms with Gasteiger partial charge in [-0.05, 0) is 50.9 Å². The lowest BCUT2D eigenvalue weighted by Crippen LogP contribution is -2.53. The first-order chi connectivity index (χ1) is 15.5. The standard InChI is InChI=1S/C24H34N4O4/c1-19(29)27(17-16-25-12-5-2-6-13-25)20-8-7-14-26(18-20)23(30)11-15-28-21-9-3-4-10-22(21)32-24(28)31/h3-4,9-10,20H,2,5-8,11-18H2,1H3. The number of hydrogen-bond acceptors (Lipinski definition) is 5. The van der Waals surface area contributed by atoms with Crippen LogP contribution in [-0.2, 0) is 16.1 Å². The van der Waals surface area contributed by atoms with Crippen LogP contribution in [-0.4, -0.2) is 76.4 Å². The summed E-state index contributed by atoms with van der Waals surface area (Å²) in [6.45, 7) is 7.05. The van der Waals surface area contributed by atoms with Gasteiger partial charge in [-0.3, -0.25) is 14.2 Å². The van der Waals surface area contributed by atoms with Crippen LogP contribution in [0, 0.1) is 0 Å². The number of carbonyl (C=O) groups is 2. The Balaban J connectivity index is 1.34. The van der Waals surface area contributed by atoms with Crippen LogP contribution in [0.25, 0.3) is 11.1 Å². The number of aryl methyl sites for hydroxylation is 1. The Hall–Kier alpha value is -2.61. The summed E-state index contributed by atoms with van der Waals surface area (Å²) in [5.74, 6) is -0.333.